The number of carbonyl (C=O) groups is 1. The van der Waals surface area contributed by atoms with Crippen LogP contribution in [0.4, 0.5) is 0 Å². The van der Waals surface area contributed by atoms with Crippen LogP contribution in [0.2, 0.25) is 0 Å². The number of benzene rings is 1. The highest BCUT2D eigenvalue weighted by Gasteiger charge is 2.30. The number of ether oxygens (including phenoxy) is 2. The van der Waals surface area contributed by atoms with Gasteiger partial charge in [-0.15, -0.1) is 0 Å². The van der Waals surface area contributed by atoms with Crippen LogP contribution in [-0.4, -0.2) is 48.3 Å². The lowest BCUT2D eigenvalue weighted by Crippen LogP contribution is -2.51. The van der Waals surface area contributed by atoms with E-state index in [1.807, 2.05) is 18.7 Å². The largest absolute Gasteiger partial charge is 0.504 e. The van der Waals surface area contributed by atoms with Crippen molar-refractivity contribution >= 4 is 5.91 Å². The lowest BCUT2D eigenvalue weighted by atomic mass is 10.1. The SMILES string of the molecule is CCC1COC(C)CN1C(=O)c1ccc(OC)c(O)c1. The molecule has 1 aliphatic heterocycles. The van der Waals surface area contributed by atoms with Crippen LogP contribution in [0.15, 0.2) is 18.2 Å². The van der Waals surface area contributed by atoms with E-state index in [1.165, 1.54) is 13.2 Å². The summed E-state index contributed by atoms with van der Waals surface area (Å²) in [6.07, 6.45) is 0.884. The lowest BCUT2D eigenvalue weighted by Gasteiger charge is -2.38. The molecule has 2 unspecified atom stereocenters. The van der Waals surface area contributed by atoms with Crippen LogP contribution < -0.4 is 4.74 Å². The van der Waals surface area contributed by atoms with Crippen molar-refractivity contribution < 1.29 is 19.4 Å². The van der Waals surface area contributed by atoms with Gasteiger partial charge in [0.2, 0.25) is 0 Å². The molecule has 1 saturated heterocycles. The first-order valence-electron chi connectivity index (χ1n) is 6.86. The minimum absolute atomic E-state index is 0.0206. The minimum Gasteiger partial charge on any atom is -0.504 e. The molecular formula is C15H21NO4. The molecule has 1 fully saturated rings. The van der Waals surface area contributed by atoms with E-state index in [4.69, 9.17) is 9.47 Å². The van der Waals surface area contributed by atoms with Gasteiger partial charge in [0.05, 0.1) is 25.9 Å². The third-order valence-electron chi connectivity index (χ3n) is 3.63. The van der Waals surface area contributed by atoms with E-state index in [0.717, 1.165) is 6.42 Å². The number of rotatable bonds is 3. The van der Waals surface area contributed by atoms with Crippen LogP contribution in [0.25, 0.3) is 0 Å². The van der Waals surface area contributed by atoms with Gasteiger partial charge in [-0.05, 0) is 31.5 Å². The number of amides is 1. The predicted molar refractivity (Wildman–Crippen MR) is 75.2 cm³/mol. The highest BCUT2D eigenvalue weighted by Crippen LogP contribution is 2.27. The zero-order valence-electron chi connectivity index (χ0n) is 12.1. The molecular weight excluding hydrogens is 258 g/mol. The molecule has 0 aliphatic carbocycles. The third-order valence-corrected chi connectivity index (χ3v) is 3.63. The Kier molecular flexibility index (Phi) is 4.49. The Bertz CT molecular complexity index is 489. The summed E-state index contributed by atoms with van der Waals surface area (Å²) in [4.78, 5) is 14.4. The summed E-state index contributed by atoms with van der Waals surface area (Å²) in [5, 5.41) is 9.79. The Hall–Kier alpha value is -1.75. The second kappa shape index (κ2) is 6.13. The molecule has 20 heavy (non-hydrogen) atoms. The second-order valence-corrected chi connectivity index (χ2v) is 5.05. The molecule has 1 aromatic rings. The Morgan fingerprint density at radius 2 is 2.30 bits per heavy atom. The number of methoxy groups -OCH3 is 1. The number of hydrogen-bond acceptors (Lipinski definition) is 4. The van der Waals surface area contributed by atoms with E-state index in [9.17, 15) is 9.90 Å². The fourth-order valence-electron chi connectivity index (χ4n) is 2.42. The van der Waals surface area contributed by atoms with E-state index in [2.05, 4.69) is 0 Å². The molecule has 1 aliphatic rings. The van der Waals surface area contributed by atoms with E-state index in [-0.39, 0.29) is 23.8 Å². The van der Waals surface area contributed by atoms with Gasteiger partial charge in [-0.2, -0.15) is 0 Å². The van der Waals surface area contributed by atoms with Crippen molar-refractivity contribution in [3.8, 4) is 11.5 Å². The van der Waals surface area contributed by atoms with Crippen molar-refractivity contribution in [2.24, 2.45) is 0 Å². The van der Waals surface area contributed by atoms with Gasteiger partial charge >= 0.3 is 0 Å². The fourth-order valence-corrected chi connectivity index (χ4v) is 2.42. The molecule has 0 saturated carbocycles. The predicted octanol–water partition coefficient (Wildman–Crippen LogP) is 2.04. The van der Waals surface area contributed by atoms with Crippen LogP contribution >= 0.6 is 0 Å². The van der Waals surface area contributed by atoms with Gasteiger partial charge < -0.3 is 19.5 Å². The van der Waals surface area contributed by atoms with Crippen molar-refractivity contribution in [2.45, 2.75) is 32.4 Å². The van der Waals surface area contributed by atoms with Crippen LogP contribution in [0.1, 0.15) is 30.6 Å². The Morgan fingerprint density at radius 1 is 1.55 bits per heavy atom. The molecule has 1 amide bonds. The number of phenols is 1. The summed E-state index contributed by atoms with van der Waals surface area (Å²) in [6.45, 7) is 5.13. The van der Waals surface area contributed by atoms with E-state index < -0.39 is 0 Å². The molecule has 0 bridgehead atoms. The Morgan fingerprint density at radius 3 is 2.90 bits per heavy atom. The van der Waals surface area contributed by atoms with Gasteiger partial charge in [0, 0.05) is 12.1 Å². The summed E-state index contributed by atoms with van der Waals surface area (Å²) in [5.74, 6) is 0.265. The number of carbonyl (C=O) groups excluding carboxylic acids is 1. The quantitative estimate of drug-likeness (QED) is 0.920. The monoisotopic (exact) mass is 279 g/mol. The van der Waals surface area contributed by atoms with Crippen LogP contribution in [0, 0.1) is 0 Å². The zero-order chi connectivity index (χ0) is 14.7. The first kappa shape index (κ1) is 14.7. The van der Waals surface area contributed by atoms with Crippen molar-refractivity contribution in [1.82, 2.24) is 4.90 Å². The zero-order valence-corrected chi connectivity index (χ0v) is 12.1. The van der Waals surface area contributed by atoms with Gasteiger partial charge in [0.15, 0.2) is 11.5 Å². The van der Waals surface area contributed by atoms with E-state index in [0.29, 0.717) is 24.5 Å². The van der Waals surface area contributed by atoms with Crippen molar-refractivity contribution in [1.29, 1.82) is 0 Å². The average molecular weight is 279 g/mol. The Balaban J connectivity index is 2.22. The molecule has 2 atom stereocenters. The topological polar surface area (TPSA) is 59.0 Å². The number of phenolic OH excluding ortho intramolecular Hbond substituents is 1. The molecule has 0 spiro atoms. The standard InChI is InChI=1S/C15H21NO4/c1-4-12-9-20-10(2)8-16(12)15(18)11-5-6-14(19-3)13(17)7-11/h5-7,10,12,17H,4,8-9H2,1-3H3. The molecule has 0 aromatic heterocycles. The fraction of sp³-hybridized carbons (Fsp3) is 0.533. The molecule has 1 aromatic carbocycles. The summed E-state index contributed by atoms with van der Waals surface area (Å²) in [7, 11) is 1.48. The molecule has 5 nitrogen and oxygen atoms in total. The molecule has 2 rings (SSSR count). The maximum Gasteiger partial charge on any atom is 0.254 e. The summed E-state index contributed by atoms with van der Waals surface area (Å²) >= 11 is 0. The smallest absolute Gasteiger partial charge is 0.254 e. The highest BCUT2D eigenvalue weighted by molar-refractivity contribution is 5.95. The first-order valence-corrected chi connectivity index (χ1v) is 6.86. The number of hydrogen-bond donors (Lipinski definition) is 1. The third kappa shape index (κ3) is 2.88. The van der Waals surface area contributed by atoms with Gasteiger partial charge in [-0.25, -0.2) is 0 Å². The van der Waals surface area contributed by atoms with Crippen molar-refractivity contribution in [3.63, 3.8) is 0 Å². The molecule has 110 valence electrons. The summed E-state index contributed by atoms with van der Waals surface area (Å²) < 4.78 is 10.6. The second-order valence-electron chi connectivity index (χ2n) is 5.05. The average Bonchev–Trinajstić information content (AvgIpc) is 2.46. The van der Waals surface area contributed by atoms with Crippen molar-refractivity contribution in [3.05, 3.63) is 23.8 Å². The van der Waals surface area contributed by atoms with Crippen LogP contribution in [0.3, 0.4) is 0 Å². The molecule has 1 N–H and O–H groups in total. The molecule has 5 heteroatoms. The first-order chi connectivity index (χ1) is 9.56. The van der Waals surface area contributed by atoms with Crippen LogP contribution in [0.5, 0.6) is 11.5 Å². The highest BCUT2D eigenvalue weighted by atomic mass is 16.5. The maximum absolute atomic E-state index is 12.6. The summed E-state index contributed by atoms with van der Waals surface area (Å²) in [6, 6.07) is 4.82. The van der Waals surface area contributed by atoms with Gasteiger partial charge in [-0.3, -0.25) is 4.79 Å². The lowest BCUT2D eigenvalue weighted by molar-refractivity contribution is -0.0444. The van der Waals surface area contributed by atoms with Crippen molar-refractivity contribution in [2.75, 3.05) is 20.3 Å². The van der Waals surface area contributed by atoms with Gasteiger partial charge in [0.25, 0.3) is 5.91 Å². The molecule has 0 radical (unpaired) electrons. The van der Waals surface area contributed by atoms with Gasteiger partial charge in [0.1, 0.15) is 0 Å². The maximum atomic E-state index is 12.6. The molecule has 1 heterocycles. The van der Waals surface area contributed by atoms with E-state index >= 15 is 0 Å². The van der Waals surface area contributed by atoms with Crippen LogP contribution in [-0.2, 0) is 4.74 Å². The Labute approximate surface area is 119 Å². The number of morpholine rings is 1. The van der Waals surface area contributed by atoms with Gasteiger partial charge in [-0.1, -0.05) is 6.92 Å². The van der Waals surface area contributed by atoms with E-state index in [1.54, 1.807) is 12.1 Å². The minimum atomic E-state index is -0.0787. The summed E-state index contributed by atoms with van der Waals surface area (Å²) in [5.41, 5.74) is 0.468. The number of aromatic hydroxyl groups is 1. The normalized spacial score (nSPS) is 22.6. The number of nitrogens with zero attached hydrogens (tertiary/aromatic N) is 1.